The van der Waals surface area contributed by atoms with E-state index in [0.29, 0.717) is 12.1 Å². The lowest BCUT2D eigenvalue weighted by Gasteiger charge is -2.07. The number of hydrogen-bond acceptors (Lipinski definition) is 1. The summed E-state index contributed by atoms with van der Waals surface area (Å²) in [6.07, 6.45) is 8.23. The molecule has 2 aromatic rings. The van der Waals surface area contributed by atoms with Gasteiger partial charge in [0.05, 0.1) is 0 Å². The zero-order valence-electron chi connectivity index (χ0n) is 13.5. The number of carbonyl (C=O) groups is 1. The maximum Gasteiger partial charge on any atom is 0.247 e. The van der Waals surface area contributed by atoms with Crippen LogP contribution in [-0.4, -0.2) is 12.5 Å². The summed E-state index contributed by atoms with van der Waals surface area (Å²) >= 11 is 0. The molecule has 0 aromatic heterocycles. The van der Waals surface area contributed by atoms with E-state index in [1.807, 2.05) is 48.6 Å². The quantitative estimate of drug-likeness (QED) is 0.784. The van der Waals surface area contributed by atoms with Gasteiger partial charge >= 0.3 is 0 Å². The summed E-state index contributed by atoms with van der Waals surface area (Å²) in [5.41, 5.74) is 3.51. The molecular formula is C21H20FNO. The molecule has 1 amide bonds. The molecule has 0 fully saturated rings. The SMILES string of the molecule is O=C(NCCCc1ccc(-c2ccccc2F)cc1)C1=CC=CC1. The van der Waals surface area contributed by atoms with Gasteiger partial charge in [0.25, 0.3) is 0 Å². The highest BCUT2D eigenvalue weighted by atomic mass is 19.1. The third-order valence-corrected chi connectivity index (χ3v) is 4.13. The lowest BCUT2D eigenvalue weighted by Crippen LogP contribution is -2.25. The van der Waals surface area contributed by atoms with Crippen molar-refractivity contribution >= 4 is 5.91 Å². The minimum atomic E-state index is -0.205. The molecule has 0 radical (unpaired) electrons. The molecule has 0 spiro atoms. The molecule has 0 saturated heterocycles. The average molecular weight is 321 g/mol. The van der Waals surface area contributed by atoms with Crippen molar-refractivity contribution < 1.29 is 9.18 Å². The number of halogens is 1. The van der Waals surface area contributed by atoms with E-state index >= 15 is 0 Å². The Balaban J connectivity index is 1.48. The molecule has 0 aliphatic heterocycles. The normalized spacial score (nSPS) is 13.0. The Morgan fingerprint density at radius 3 is 2.58 bits per heavy atom. The van der Waals surface area contributed by atoms with Gasteiger partial charge in [-0.25, -0.2) is 4.39 Å². The second kappa shape index (κ2) is 7.73. The number of carbonyl (C=O) groups excluding carboxylic acids is 1. The molecule has 0 unspecified atom stereocenters. The predicted octanol–water partition coefficient (Wildman–Crippen LogP) is 4.43. The van der Waals surface area contributed by atoms with Gasteiger partial charge in [0.15, 0.2) is 0 Å². The predicted molar refractivity (Wildman–Crippen MR) is 95.0 cm³/mol. The number of hydrogen-bond donors (Lipinski definition) is 1. The van der Waals surface area contributed by atoms with Crippen molar-refractivity contribution in [2.75, 3.05) is 6.54 Å². The fraction of sp³-hybridized carbons (Fsp3) is 0.190. The molecular weight excluding hydrogens is 301 g/mol. The van der Waals surface area contributed by atoms with Crippen LogP contribution in [0.15, 0.2) is 72.3 Å². The van der Waals surface area contributed by atoms with Gasteiger partial charge in [0, 0.05) is 17.7 Å². The minimum Gasteiger partial charge on any atom is -0.352 e. The summed E-state index contributed by atoms with van der Waals surface area (Å²) in [5.74, 6) is -0.182. The maximum atomic E-state index is 13.8. The monoisotopic (exact) mass is 321 g/mol. The van der Waals surface area contributed by atoms with E-state index in [0.717, 1.165) is 30.4 Å². The average Bonchev–Trinajstić information content (AvgIpc) is 3.14. The number of allylic oxidation sites excluding steroid dienone is 3. The highest BCUT2D eigenvalue weighted by Gasteiger charge is 2.09. The Hall–Kier alpha value is -2.68. The van der Waals surface area contributed by atoms with Gasteiger partial charge in [0.1, 0.15) is 5.82 Å². The van der Waals surface area contributed by atoms with Crippen LogP contribution in [0.2, 0.25) is 0 Å². The van der Waals surface area contributed by atoms with Crippen LogP contribution in [-0.2, 0) is 11.2 Å². The summed E-state index contributed by atoms with van der Waals surface area (Å²) in [7, 11) is 0. The third kappa shape index (κ3) is 3.99. The van der Waals surface area contributed by atoms with Gasteiger partial charge in [-0.3, -0.25) is 4.79 Å². The van der Waals surface area contributed by atoms with Crippen molar-refractivity contribution in [3.63, 3.8) is 0 Å². The highest BCUT2D eigenvalue weighted by Crippen LogP contribution is 2.23. The van der Waals surface area contributed by atoms with Crippen molar-refractivity contribution in [1.29, 1.82) is 0 Å². The van der Waals surface area contributed by atoms with E-state index < -0.39 is 0 Å². The Kier molecular flexibility index (Phi) is 5.22. The molecule has 0 bridgehead atoms. The van der Waals surface area contributed by atoms with Crippen LogP contribution in [0.5, 0.6) is 0 Å². The number of amides is 1. The fourth-order valence-corrected chi connectivity index (χ4v) is 2.77. The van der Waals surface area contributed by atoms with Crippen molar-refractivity contribution in [2.45, 2.75) is 19.3 Å². The second-order valence-electron chi connectivity index (χ2n) is 5.86. The lowest BCUT2D eigenvalue weighted by molar-refractivity contribution is -0.117. The molecule has 0 atom stereocenters. The van der Waals surface area contributed by atoms with Gasteiger partial charge in [-0.05, 0) is 36.5 Å². The van der Waals surface area contributed by atoms with Gasteiger partial charge in [0.2, 0.25) is 5.91 Å². The van der Waals surface area contributed by atoms with Gasteiger partial charge in [-0.15, -0.1) is 0 Å². The van der Waals surface area contributed by atoms with Crippen molar-refractivity contribution in [2.24, 2.45) is 0 Å². The summed E-state index contributed by atoms with van der Waals surface area (Å²) < 4.78 is 13.8. The smallest absolute Gasteiger partial charge is 0.247 e. The standard InChI is InChI=1S/C21H20FNO/c22-20-10-4-3-9-19(20)17-13-11-16(12-14-17)6-5-15-23-21(24)18-7-1-2-8-18/h1-4,7,9-14H,5-6,8,15H2,(H,23,24). The Morgan fingerprint density at radius 2 is 1.88 bits per heavy atom. The van der Waals surface area contributed by atoms with Crippen LogP contribution < -0.4 is 5.32 Å². The molecule has 1 N–H and O–H groups in total. The van der Waals surface area contributed by atoms with Crippen LogP contribution in [0.25, 0.3) is 11.1 Å². The molecule has 2 nitrogen and oxygen atoms in total. The molecule has 2 aromatic carbocycles. The summed E-state index contributed by atoms with van der Waals surface area (Å²) in [6, 6.07) is 14.7. The Morgan fingerprint density at radius 1 is 1.08 bits per heavy atom. The first-order valence-electron chi connectivity index (χ1n) is 8.22. The van der Waals surface area contributed by atoms with E-state index in [9.17, 15) is 9.18 Å². The fourth-order valence-electron chi connectivity index (χ4n) is 2.77. The molecule has 0 saturated carbocycles. The van der Waals surface area contributed by atoms with E-state index in [1.165, 1.54) is 11.6 Å². The highest BCUT2D eigenvalue weighted by molar-refractivity contribution is 5.94. The zero-order chi connectivity index (χ0) is 16.8. The molecule has 0 heterocycles. The van der Waals surface area contributed by atoms with Crippen LogP contribution in [0.4, 0.5) is 4.39 Å². The third-order valence-electron chi connectivity index (χ3n) is 4.13. The number of aryl methyl sites for hydroxylation is 1. The summed E-state index contributed by atoms with van der Waals surface area (Å²) in [4.78, 5) is 11.8. The van der Waals surface area contributed by atoms with E-state index in [1.54, 1.807) is 12.1 Å². The largest absolute Gasteiger partial charge is 0.352 e. The van der Waals surface area contributed by atoms with E-state index in [-0.39, 0.29) is 11.7 Å². The van der Waals surface area contributed by atoms with Gasteiger partial charge < -0.3 is 5.32 Å². The van der Waals surface area contributed by atoms with Crippen LogP contribution in [0.1, 0.15) is 18.4 Å². The maximum absolute atomic E-state index is 13.8. The first kappa shape index (κ1) is 16.2. The van der Waals surface area contributed by atoms with Crippen LogP contribution in [0.3, 0.4) is 0 Å². The molecule has 24 heavy (non-hydrogen) atoms. The Bertz CT molecular complexity index is 775. The van der Waals surface area contributed by atoms with Crippen molar-refractivity contribution in [3.05, 3.63) is 83.7 Å². The van der Waals surface area contributed by atoms with E-state index in [4.69, 9.17) is 0 Å². The van der Waals surface area contributed by atoms with E-state index in [2.05, 4.69) is 5.32 Å². The first-order valence-corrected chi connectivity index (χ1v) is 8.22. The first-order chi connectivity index (χ1) is 11.7. The van der Waals surface area contributed by atoms with Gasteiger partial charge in [-0.1, -0.05) is 60.7 Å². The molecule has 3 heteroatoms. The minimum absolute atomic E-state index is 0.0231. The Labute approximate surface area is 141 Å². The van der Waals surface area contributed by atoms with Gasteiger partial charge in [-0.2, -0.15) is 0 Å². The van der Waals surface area contributed by atoms with Crippen LogP contribution >= 0.6 is 0 Å². The second-order valence-corrected chi connectivity index (χ2v) is 5.86. The lowest BCUT2D eigenvalue weighted by atomic mass is 10.0. The molecule has 1 aliphatic rings. The molecule has 3 rings (SSSR count). The molecule has 122 valence electrons. The topological polar surface area (TPSA) is 29.1 Å². The number of benzene rings is 2. The number of nitrogens with one attached hydrogen (secondary N) is 1. The molecule has 1 aliphatic carbocycles. The van der Waals surface area contributed by atoms with Crippen molar-refractivity contribution in [1.82, 2.24) is 5.32 Å². The summed E-state index contributed by atoms with van der Waals surface area (Å²) in [6.45, 7) is 0.658. The van der Waals surface area contributed by atoms with Crippen LogP contribution in [0, 0.1) is 5.82 Å². The zero-order valence-corrected chi connectivity index (χ0v) is 13.5. The summed E-state index contributed by atoms with van der Waals surface area (Å²) in [5, 5.41) is 2.94. The van der Waals surface area contributed by atoms with Crippen molar-refractivity contribution in [3.8, 4) is 11.1 Å². The number of rotatable bonds is 6.